The van der Waals surface area contributed by atoms with Gasteiger partial charge < -0.3 is 20.1 Å². The second-order valence-electron chi connectivity index (χ2n) is 8.34. The van der Waals surface area contributed by atoms with Crippen molar-refractivity contribution in [1.29, 1.82) is 0 Å². The van der Waals surface area contributed by atoms with Gasteiger partial charge in [0.05, 0.1) is 41.7 Å². The molecule has 162 valence electrons. The van der Waals surface area contributed by atoms with Crippen molar-refractivity contribution >= 4 is 40.3 Å². The normalized spacial score (nSPS) is 25.9. The lowest BCUT2D eigenvalue weighted by atomic mass is 9.89. The average molecular weight is 438 g/mol. The van der Waals surface area contributed by atoms with Gasteiger partial charge in [0.15, 0.2) is 0 Å². The zero-order valence-electron chi connectivity index (χ0n) is 17.6. The predicted molar refractivity (Wildman–Crippen MR) is 126 cm³/mol. The van der Waals surface area contributed by atoms with Gasteiger partial charge in [-0.3, -0.25) is 9.79 Å². The maximum Gasteiger partial charge on any atom is 0.257 e. The second kappa shape index (κ2) is 8.65. The Balaban J connectivity index is 1.50. The number of aliphatic imine (C=N–C) groups is 1. The molecule has 0 radical (unpaired) electrons. The zero-order chi connectivity index (χ0) is 21.4. The number of carbonyl (C=O) groups excluding carboxylic acids is 1. The molecule has 7 heteroatoms. The number of nitrogens with one attached hydrogen (secondary N) is 1. The molecule has 0 spiro atoms. The molecule has 0 saturated carbocycles. The molecule has 5 rings (SSSR count). The first-order chi connectivity index (χ1) is 15.2. The van der Waals surface area contributed by atoms with Crippen molar-refractivity contribution in [3.8, 4) is 0 Å². The molecule has 31 heavy (non-hydrogen) atoms. The summed E-state index contributed by atoms with van der Waals surface area (Å²) in [5.74, 6) is 0.297. The lowest BCUT2D eigenvalue weighted by molar-refractivity contribution is -0.0563. The van der Waals surface area contributed by atoms with E-state index in [9.17, 15) is 9.90 Å². The molecular weight excluding hydrogens is 410 g/mol. The van der Waals surface area contributed by atoms with Crippen LogP contribution in [-0.4, -0.2) is 60.4 Å². The van der Waals surface area contributed by atoms with Crippen LogP contribution in [-0.2, 0) is 11.2 Å². The predicted octanol–water partition coefficient (Wildman–Crippen LogP) is 3.65. The molecule has 3 heterocycles. The van der Waals surface area contributed by atoms with Gasteiger partial charge >= 0.3 is 0 Å². The van der Waals surface area contributed by atoms with Crippen LogP contribution in [0.5, 0.6) is 0 Å². The summed E-state index contributed by atoms with van der Waals surface area (Å²) >= 11 is 1.66. The van der Waals surface area contributed by atoms with E-state index >= 15 is 0 Å². The van der Waals surface area contributed by atoms with Crippen LogP contribution in [0.25, 0.3) is 10.8 Å². The van der Waals surface area contributed by atoms with E-state index in [0.29, 0.717) is 31.2 Å². The van der Waals surface area contributed by atoms with Gasteiger partial charge in [0.1, 0.15) is 0 Å². The molecule has 3 aliphatic heterocycles. The number of carbonyl (C=O) groups is 1. The Labute approximate surface area is 186 Å². The molecule has 1 unspecified atom stereocenters. The van der Waals surface area contributed by atoms with E-state index < -0.39 is 6.10 Å². The molecule has 0 aromatic heterocycles. The summed E-state index contributed by atoms with van der Waals surface area (Å²) in [6, 6.07) is 10.1. The second-order valence-corrected chi connectivity index (χ2v) is 9.16. The van der Waals surface area contributed by atoms with E-state index in [-0.39, 0.29) is 18.6 Å². The Hall–Kier alpha value is -2.35. The van der Waals surface area contributed by atoms with E-state index in [1.807, 2.05) is 30.7 Å². The summed E-state index contributed by atoms with van der Waals surface area (Å²) in [4.78, 5) is 19.9. The number of nitrogens with zero attached hydrogens (tertiary/aromatic N) is 2. The monoisotopic (exact) mass is 437 g/mol. The Kier molecular flexibility index (Phi) is 5.73. The van der Waals surface area contributed by atoms with Crippen molar-refractivity contribution in [2.24, 2.45) is 10.9 Å². The zero-order valence-corrected chi connectivity index (χ0v) is 18.4. The summed E-state index contributed by atoms with van der Waals surface area (Å²) in [7, 11) is 0. The lowest BCUT2D eigenvalue weighted by Crippen LogP contribution is -2.54. The van der Waals surface area contributed by atoms with Gasteiger partial charge in [0, 0.05) is 24.1 Å². The third-order valence-electron chi connectivity index (χ3n) is 6.44. The maximum absolute atomic E-state index is 13.5. The highest BCUT2D eigenvalue weighted by Crippen LogP contribution is 2.36. The molecule has 2 aromatic rings. The first-order valence-electron chi connectivity index (χ1n) is 10.8. The number of anilines is 1. The van der Waals surface area contributed by atoms with Crippen LogP contribution in [0.2, 0.25) is 0 Å². The standard InChI is InChI=1S/C24H27N3O3S/c1-31-22-7-6-15(12-25-22)10-16-11-19-23(18-5-3-2-4-17(16)18)26-14-27(24(19)29)20-8-9-30-13-21(20)28/h2-5,7,11-12,15,20-21,26,28H,6,8-10,13-14H2,1H3/t15?,20-,21-/m0/s1. The SMILES string of the molecule is CSC1=CCC(Cc2cc3c(c4ccccc24)NCN([C@H]2CCOC[C@@H]2O)C3=O)C=N1. The van der Waals surface area contributed by atoms with Crippen LogP contribution in [0.3, 0.4) is 0 Å². The van der Waals surface area contributed by atoms with E-state index in [1.165, 1.54) is 5.39 Å². The van der Waals surface area contributed by atoms with Crippen LogP contribution >= 0.6 is 11.8 Å². The van der Waals surface area contributed by atoms with Crippen LogP contribution in [0, 0.1) is 5.92 Å². The van der Waals surface area contributed by atoms with Crippen molar-refractivity contribution < 1.29 is 14.6 Å². The van der Waals surface area contributed by atoms with Gasteiger partial charge in [0.25, 0.3) is 5.91 Å². The molecule has 3 atom stereocenters. The third kappa shape index (κ3) is 3.86. The fraction of sp³-hybridized carbons (Fsp3) is 0.417. The van der Waals surface area contributed by atoms with E-state index in [4.69, 9.17) is 4.74 Å². The van der Waals surface area contributed by atoms with E-state index in [1.54, 1.807) is 16.7 Å². The Morgan fingerprint density at radius 1 is 1.32 bits per heavy atom. The van der Waals surface area contributed by atoms with Crippen LogP contribution in [0.4, 0.5) is 5.69 Å². The molecule has 0 bridgehead atoms. The quantitative estimate of drug-likeness (QED) is 0.764. The minimum Gasteiger partial charge on any atom is -0.389 e. The minimum atomic E-state index is -0.656. The number of ether oxygens (including phenoxy) is 1. The number of benzene rings is 2. The highest BCUT2D eigenvalue weighted by Gasteiger charge is 2.36. The molecule has 1 saturated heterocycles. The largest absolute Gasteiger partial charge is 0.389 e. The fourth-order valence-corrected chi connectivity index (χ4v) is 5.24. The molecular formula is C24H27N3O3S. The smallest absolute Gasteiger partial charge is 0.257 e. The van der Waals surface area contributed by atoms with E-state index in [2.05, 4.69) is 28.5 Å². The number of thioether (sulfide) groups is 1. The molecule has 0 aliphatic carbocycles. The number of amides is 1. The number of aliphatic hydroxyl groups is 1. The highest BCUT2D eigenvalue weighted by atomic mass is 32.2. The first-order valence-corrected chi connectivity index (χ1v) is 12.0. The summed E-state index contributed by atoms with van der Waals surface area (Å²) < 4.78 is 5.36. The lowest BCUT2D eigenvalue weighted by Gasteiger charge is -2.40. The van der Waals surface area contributed by atoms with Crippen molar-refractivity contribution in [1.82, 2.24) is 4.90 Å². The fourth-order valence-electron chi connectivity index (χ4n) is 4.81. The number of hydrogen-bond acceptors (Lipinski definition) is 6. The highest BCUT2D eigenvalue weighted by molar-refractivity contribution is 8.02. The molecule has 1 fully saturated rings. The van der Waals surface area contributed by atoms with Gasteiger partial charge in [-0.2, -0.15) is 0 Å². The third-order valence-corrected chi connectivity index (χ3v) is 7.13. The number of hydrogen-bond donors (Lipinski definition) is 2. The number of aliphatic hydroxyl groups excluding tert-OH is 1. The number of fused-ring (bicyclic) bond motifs is 3. The van der Waals surface area contributed by atoms with E-state index in [0.717, 1.165) is 34.5 Å². The Morgan fingerprint density at radius 3 is 2.90 bits per heavy atom. The van der Waals surface area contributed by atoms with Crippen molar-refractivity contribution in [2.75, 3.05) is 31.5 Å². The minimum absolute atomic E-state index is 0.0198. The Bertz CT molecular complexity index is 1070. The van der Waals surface area contributed by atoms with Gasteiger partial charge in [0.2, 0.25) is 0 Å². The van der Waals surface area contributed by atoms with Crippen molar-refractivity contribution in [2.45, 2.75) is 31.4 Å². The Morgan fingerprint density at radius 2 is 2.16 bits per heavy atom. The van der Waals surface area contributed by atoms with Crippen LogP contribution in [0.15, 0.2) is 46.4 Å². The van der Waals surface area contributed by atoms with Gasteiger partial charge in [-0.25, -0.2) is 0 Å². The molecule has 2 N–H and O–H groups in total. The van der Waals surface area contributed by atoms with Gasteiger partial charge in [-0.1, -0.05) is 30.3 Å². The first kappa shape index (κ1) is 20.5. The van der Waals surface area contributed by atoms with Crippen LogP contribution in [0.1, 0.15) is 28.8 Å². The van der Waals surface area contributed by atoms with Gasteiger partial charge in [-0.15, -0.1) is 11.8 Å². The number of rotatable bonds is 4. The molecule has 2 aromatic carbocycles. The molecule has 1 amide bonds. The molecule has 3 aliphatic rings. The van der Waals surface area contributed by atoms with Crippen LogP contribution < -0.4 is 5.32 Å². The average Bonchev–Trinajstić information content (AvgIpc) is 2.81. The summed E-state index contributed by atoms with van der Waals surface area (Å²) in [6.45, 7) is 1.24. The number of allylic oxidation sites excluding steroid dienone is 1. The van der Waals surface area contributed by atoms with Crippen molar-refractivity contribution in [3.63, 3.8) is 0 Å². The summed E-state index contributed by atoms with van der Waals surface area (Å²) in [5, 5.41) is 17.2. The summed E-state index contributed by atoms with van der Waals surface area (Å²) in [5.41, 5.74) is 2.74. The summed E-state index contributed by atoms with van der Waals surface area (Å²) in [6.07, 6.45) is 8.06. The maximum atomic E-state index is 13.5. The molecule has 6 nitrogen and oxygen atoms in total. The van der Waals surface area contributed by atoms with Gasteiger partial charge in [-0.05, 0) is 42.5 Å². The topological polar surface area (TPSA) is 74.2 Å². The van der Waals surface area contributed by atoms with Crippen molar-refractivity contribution in [3.05, 3.63) is 52.6 Å².